The van der Waals surface area contributed by atoms with E-state index in [1.54, 1.807) is 11.3 Å². The molecule has 1 aromatic carbocycles. The van der Waals surface area contributed by atoms with Crippen molar-refractivity contribution in [2.24, 2.45) is 0 Å². The van der Waals surface area contributed by atoms with Crippen molar-refractivity contribution in [3.63, 3.8) is 0 Å². The first-order valence-corrected chi connectivity index (χ1v) is 7.42. The largest absolute Gasteiger partial charge is 0.311 e. The molecule has 0 saturated heterocycles. The van der Waals surface area contributed by atoms with Crippen LogP contribution < -0.4 is 5.32 Å². The highest BCUT2D eigenvalue weighted by molar-refractivity contribution is 9.10. The van der Waals surface area contributed by atoms with Crippen molar-refractivity contribution in [1.82, 2.24) is 5.32 Å². The first kappa shape index (κ1) is 12.8. The Morgan fingerprint density at radius 2 is 2.06 bits per heavy atom. The molecule has 17 heavy (non-hydrogen) atoms. The maximum absolute atomic E-state index is 3.55. The van der Waals surface area contributed by atoms with Gasteiger partial charge in [-0.2, -0.15) is 0 Å². The average molecular weight is 310 g/mol. The summed E-state index contributed by atoms with van der Waals surface area (Å²) in [4.78, 5) is 1.37. The third kappa shape index (κ3) is 3.66. The number of aryl methyl sites for hydroxylation is 1. The van der Waals surface area contributed by atoms with E-state index in [4.69, 9.17) is 0 Å². The molecule has 0 aliphatic heterocycles. The van der Waals surface area contributed by atoms with Crippen molar-refractivity contribution in [3.8, 4) is 0 Å². The lowest BCUT2D eigenvalue weighted by Crippen LogP contribution is -2.16. The van der Waals surface area contributed by atoms with Crippen LogP contribution in [0.15, 0.2) is 40.2 Å². The van der Waals surface area contributed by atoms with Crippen LogP contribution in [0.5, 0.6) is 0 Å². The molecule has 0 spiro atoms. The minimum Gasteiger partial charge on any atom is -0.311 e. The number of rotatable bonds is 5. The smallest absolute Gasteiger partial charge is 0.0327 e. The Morgan fingerprint density at radius 1 is 1.24 bits per heavy atom. The van der Waals surface area contributed by atoms with E-state index in [0.717, 1.165) is 19.5 Å². The molecule has 0 aliphatic rings. The summed E-state index contributed by atoms with van der Waals surface area (Å²) in [5.41, 5.74) is 2.82. The minimum absolute atomic E-state index is 0.949. The highest BCUT2D eigenvalue weighted by atomic mass is 79.9. The van der Waals surface area contributed by atoms with Gasteiger partial charge >= 0.3 is 0 Å². The van der Waals surface area contributed by atoms with Crippen LogP contribution >= 0.6 is 27.3 Å². The third-order valence-electron chi connectivity index (χ3n) is 2.81. The number of hydrogen-bond donors (Lipinski definition) is 1. The Hall–Kier alpha value is -0.640. The summed E-state index contributed by atoms with van der Waals surface area (Å²) in [5.74, 6) is 0. The molecule has 2 rings (SSSR count). The summed E-state index contributed by atoms with van der Waals surface area (Å²) in [6.07, 6.45) is 1.09. The van der Waals surface area contributed by atoms with Crippen LogP contribution in [0.25, 0.3) is 0 Å². The quantitative estimate of drug-likeness (QED) is 0.818. The van der Waals surface area contributed by atoms with Gasteiger partial charge in [-0.25, -0.2) is 0 Å². The summed E-state index contributed by atoms with van der Waals surface area (Å²) in [5, 5.41) is 5.60. The molecule has 1 heterocycles. The average Bonchev–Trinajstić information content (AvgIpc) is 2.73. The Morgan fingerprint density at radius 3 is 2.76 bits per heavy atom. The van der Waals surface area contributed by atoms with E-state index in [2.05, 4.69) is 63.9 Å². The fourth-order valence-corrected chi connectivity index (χ4v) is 3.23. The molecule has 0 atom stereocenters. The van der Waals surface area contributed by atoms with Crippen molar-refractivity contribution in [2.75, 3.05) is 6.54 Å². The molecule has 2 aromatic rings. The van der Waals surface area contributed by atoms with E-state index in [9.17, 15) is 0 Å². The second-order valence-corrected chi connectivity index (χ2v) is 5.90. The number of halogens is 1. The van der Waals surface area contributed by atoms with Gasteiger partial charge in [-0.05, 0) is 58.4 Å². The van der Waals surface area contributed by atoms with Crippen molar-refractivity contribution < 1.29 is 0 Å². The predicted molar refractivity (Wildman–Crippen MR) is 78.6 cm³/mol. The standard InChI is InChI=1S/C14H16BrNS/c1-11-4-2-3-5-12(11)6-8-16-10-14-13(15)7-9-17-14/h2-5,7,9,16H,6,8,10H2,1H3. The molecular formula is C14H16BrNS. The van der Waals surface area contributed by atoms with Gasteiger partial charge in [-0.3, -0.25) is 0 Å². The lowest BCUT2D eigenvalue weighted by molar-refractivity contribution is 0.691. The van der Waals surface area contributed by atoms with Crippen LogP contribution in [0.2, 0.25) is 0 Å². The van der Waals surface area contributed by atoms with Crippen molar-refractivity contribution in [3.05, 3.63) is 56.2 Å². The molecule has 1 aromatic heterocycles. The summed E-state index contributed by atoms with van der Waals surface area (Å²) >= 11 is 5.33. The van der Waals surface area contributed by atoms with Gasteiger partial charge in [-0.1, -0.05) is 24.3 Å². The van der Waals surface area contributed by atoms with Crippen LogP contribution in [0.3, 0.4) is 0 Å². The predicted octanol–water partition coefficient (Wildman–Crippen LogP) is 4.15. The van der Waals surface area contributed by atoms with Crippen LogP contribution in [0, 0.1) is 6.92 Å². The van der Waals surface area contributed by atoms with E-state index < -0.39 is 0 Å². The molecule has 0 fully saturated rings. The summed E-state index contributed by atoms with van der Waals surface area (Å²) in [6, 6.07) is 10.7. The summed E-state index contributed by atoms with van der Waals surface area (Å²) in [6.45, 7) is 4.14. The summed E-state index contributed by atoms with van der Waals surface area (Å²) < 4.78 is 1.21. The zero-order chi connectivity index (χ0) is 12.1. The molecule has 0 radical (unpaired) electrons. The molecule has 1 N–H and O–H groups in total. The number of thiophene rings is 1. The normalized spacial score (nSPS) is 10.7. The Labute approximate surface area is 115 Å². The minimum atomic E-state index is 0.949. The van der Waals surface area contributed by atoms with E-state index in [1.807, 2.05) is 0 Å². The van der Waals surface area contributed by atoms with E-state index >= 15 is 0 Å². The molecule has 90 valence electrons. The topological polar surface area (TPSA) is 12.0 Å². The Bertz CT molecular complexity index is 479. The van der Waals surface area contributed by atoms with Crippen molar-refractivity contribution in [2.45, 2.75) is 19.9 Å². The Balaban J connectivity index is 1.77. The number of nitrogens with one attached hydrogen (secondary N) is 1. The third-order valence-corrected chi connectivity index (χ3v) is 4.74. The zero-order valence-electron chi connectivity index (χ0n) is 9.87. The van der Waals surface area contributed by atoms with Gasteiger partial charge in [0.25, 0.3) is 0 Å². The molecule has 0 amide bonds. The molecule has 3 heteroatoms. The van der Waals surface area contributed by atoms with Gasteiger partial charge in [-0.15, -0.1) is 11.3 Å². The van der Waals surface area contributed by atoms with E-state index in [0.29, 0.717) is 0 Å². The van der Waals surface area contributed by atoms with Gasteiger partial charge in [0.05, 0.1) is 0 Å². The molecule has 1 nitrogen and oxygen atoms in total. The molecule has 0 bridgehead atoms. The molecular weight excluding hydrogens is 294 g/mol. The lowest BCUT2D eigenvalue weighted by Gasteiger charge is -2.06. The van der Waals surface area contributed by atoms with E-state index in [-0.39, 0.29) is 0 Å². The van der Waals surface area contributed by atoms with E-state index in [1.165, 1.54) is 20.5 Å². The first-order valence-electron chi connectivity index (χ1n) is 5.74. The van der Waals surface area contributed by atoms with Crippen molar-refractivity contribution >= 4 is 27.3 Å². The maximum atomic E-state index is 3.55. The van der Waals surface area contributed by atoms with Crippen LogP contribution in [-0.4, -0.2) is 6.54 Å². The van der Waals surface area contributed by atoms with Crippen LogP contribution in [0.4, 0.5) is 0 Å². The monoisotopic (exact) mass is 309 g/mol. The van der Waals surface area contributed by atoms with Gasteiger partial charge in [0.1, 0.15) is 0 Å². The zero-order valence-corrected chi connectivity index (χ0v) is 12.3. The fraction of sp³-hybridized carbons (Fsp3) is 0.286. The number of hydrogen-bond acceptors (Lipinski definition) is 2. The highest BCUT2D eigenvalue weighted by Gasteiger charge is 2.01. The molecule has 0 unspecified atom stereocenters. The van der Waals surface area contributed by atoms with Gasteiger partial charge < -0.3 is 5.32 Å². The second kappa shape index (κ2) is 6.34. The van der Waals surface area contributed by atoms with Crippen molar-refractivity contribution in [1.29, 1.82) is 0 Å². The fourth-order valence-electron chi connectivity index (χ4n) is 1.77. The van der Waals surface area contributed by atoms with Gasteiger partial charge in [0, 0.05) is 15.9 Å². The van der Waals surface area contributed by atoms with Gasteiger partial charge in [0.15, 0.2) is 0 Å². The highest BCUT2D eigenvalue weighted by Crippen LogP contribution is 2.22. The SMILES string of the molecule is Cc1ccccc1CCNCc1sccc1Br. The molecule has 0 saturated carbocycles. The first-order chi connectivity index (χ1) is 8.27. The molecule has 0 aliphatic carbocycles. The Kier molecular flexibility index (Phi) is 4.77. The summed E-state index contributed by atoms with van der Waals surface area (Å²) in [7, 11) is 0. The van der Waals surface area contributed by atoms with Gasteiger partial charge in [0.2, 0.25) is 0 Å². The second-order valence-electron chi connectivity index (χ2n) is 4.04. The van der Waals surface area contributed by atoms with Crippen LogP contribution in [0.1, 0.15) is 16.0 Å². The number of benzene rings is 1. The maximum Gasteiger partial charge on any atom is 0.0327 e. The van der Waals surface area contributed by atoms with Crippen LogP contribution in [-0.2, 0) is 13.0 Å². The lowest BCUT2D eigenvalue weighted by atomic mass is 10.1.